The Labute approximate surface area is 76.5 Å². The van der Waals surface area contributed by atoms with Gasteiger partial charge in [-0.1, -0.05) is 5.21 Å². The molecule has 0 aliphatic heterocycles. The standard InChI is InChI=1S/C7H14N4S/c1-11-7(5-9-10-11)6(8)3-4-12-2/h5-6H,3-4,8H2,1-2H3. The Kier molecular flexibility index (Phi) is 3.55. The van der Waals surface area contributed by atoms with Gasteiger partial charge in [-0.25, -0.2) is 0 Å². The number of nitrogens with two attached hydrogens (primary N) is 1. The molecule has 68 valence electrons. The molecule has 2 N–H and O–H groups in total. The molecule has 0 aliphatic rings. The normalized spacial score (nSPS) is 13.2. The Balaban J connectivity index is 2.52. The van der Waals surface area contributed by atoms with E-state index in [-0.39, 0.29) is 6.04 Å². The van der Waals surface area contributed by atoms with Crippen molar-refractivity contribution < 1.29 is 0 Å². The largest absolute Gasteiger partial charge is 0.323 e. The van der Waals surface area contributed by atoms with E-state index in [1.165, 1.54) is 0 Å². The topological polar surface area (TPSA) is 56.7 Å². The van der Waals surface area contributed by atoms with Crippen LogP contribution in [0.15, 0.2) is 6.20 Å². The van der Waals surface area contributed by atoms with Gasteiger partial charge in [0.2, 0.25) is 0 Å². The van der Waals surface area contributed by atoms with Crippen LogP contribution in [0.5, 0.6) is 0 Å². The van der Waals surface area contributed by atoms with Crippen molar-refractivity contribution in [3.05, 3.63) is 11.9 Å². The van der Waals surface area contributed by atoms with E-state index in [4.69, 9.17) is 5.73 Å². The van der Waals surface area contributed by atoms with E-state index in [1.807, 2.05) is 7.05 Å². The van der Waals surface area contributed by atoms with E-state index in [2.05, 4.69) is 16.6 Å². The maximum Gasteiger partial charge on any atom is 0.0751 e. The van der Waals surface area contributed by atoms with Gasteiger partial charge in [0.25, 0.3) is 0 Å². The summed E-state index contributed by atoms with van der Waals surface area (Å²) < 4.78 is 1.73. The summed E-state index contributed by atoms with van der Waals surface area (Å²) in [6.07, 6.45) is 4.78. The Bertz CT molecular complexity index is 235. The molecule has 1 aromatic heterocycles. The lowest BCUT2D eigenvalue weighted by atomic mass is 10.2. The zero-order valence-electron chi connectivity index (χ0n) is 7.40. The number of aryl methyl sites for hydroxylation is 1. The smallest absolute Gasteiger partial charge is 0.0751 e. The van der Waals surface area contributed by atoms with Crippen LogP contribution >= 0.6 is 11.8 Å². The molecule has 0 amide bonds. The molecule has 1 unspecified atom stereocenters. The first-order chi connectivity index (χ1) is 5.75. The van der Waals surface area contributed by atoms with Gasteiger partial charge in [0.1, 0.15) is 0 Å². The van der Waals surface area contributed by atoms with Crippen LogP contribution in [0, 0.1) is 0 Å². The van der Waals surface area contributed by atoms with E-state index < -0.39 is 0 Å². The van der Waals surface area contributed by atoms with Crippen LogP contribution in [-0.2, 0) is 7.05 Å². The van der Waals surface area contributed by atoms with Crippen molar-refractivity contribution in [1.82, 2.24) is 15.0 Å². The number of hydrogen-bond acceptors (Lipinski definition) is 4. The first-order valence-electron chi connectivity index (χ1n) is 3.84. The molecule has 0 aliphatic carbocycles. The Hall–Kier alpha value is -0.550. The number of nitrogens with zero attached hydrogens (tertiary/aromatic N) is 3. The third-order valence-electron chi connectivity index (χ3n) is 1.76. The van der Waals surface area contributed by atoms with Crippen LogP contribution in [0.25, 0.3) is 0 Å². The van der Waals surface area contributed by atoms with Crippen LogP contribution in [0.2, 0.25) is 0 Å². The minimum absolute atomic E-state index is 0.0671. The molecule has 12 heavy (non-hydrogen) atoms. The van der Waals surface area contributed by atoms with Crippen LogP contribution in [0.4, 0.5) is 0 Å². The monoisotopic (exact) mass is 186 g/mol. The third kappa shape index (κ3) is 2.22. The van der Waals surface area contributed by atoms with Gasteiger partial charge >= 0.3 is 0 Å². The Morgan fingerprint density at radius 2 is 2.50 bits per heavy atom. The molecule has 1 atom stereocenters. The van der Waals surface area contributed by atoms with E-state index in [1.54, 1.807) is 22.6 Å². The molecular weight excluding hydrogens is 172 g/mol. The van der Waals surface area contributed by atoms with Crippen LogP contribution in [0.1, 0.15) is 18.2 Å². The highest BCUT2D eigenvalue weighted by Gasteiger charge is 2.09. The van der Waals surface area contributed by atoms with Crippen molar-refractivity contribution in [3.8, 4) is 0 Å². The molecule has 1 heterocycles. The summed E-state index contributed by atoms with van der Waals surface area (Å²) in [5.74, 6) is 1.08. The van der Waals surface area contributed by atoms with E-state index in [0.717, 1.165) is 17.9 Å². The molecule has 1 aromatic rings. The van der Waals surface area contributed by atoms with Gasteiger partial charge in [-0.05, 0) is 18.4 Å². The van der Waals surface area contributed by atoms with Gasteiger partial charge in [-0.3, -0.25) is 4.68 Å². The lowest BCUT2D eigenvalue weighted by Crippen LogP contribution is -2.15. The zero-order chi connectivity index (χ0) is 8.97. The average Bonchev–Trinajstić information content (AvgIpc) is 2.47. The Morgan fingerprint density at radius 1 is 1.75 bits per heavy atom. The first kappa shape index (κ1) is 9.54. The number of thioether (sulfide) groups is 1. The van der Waals surface area contributed by atoms with Crippen molar-refractivity contribution in [2.45, 2.75) is 12.5 Å². The fourth-order valence-electron chi connectivity index (χ4n) is 1.03. The summed E-state index contributed by atoms with van der Waals surface area (Å²) in [5, 5.41) is 7.60. The van der Waals surface area contributed by atoms with Crippen molar-refractivity contribution in [1.29, 1.82) is 0 Å². The van der Waals surface area contributed by atoms with Gasteiger partial charge in [0.05, 0.1) is 11.9 Å². The fraction of sp³-hybridized carbons (Fsp3) is 0.714. The summed E-state index contributed by atoms with van der Waals surface area (Å²) in [4.78, 5) is 0. The molecule has 0 radical (unpaired) electrons. The molecule has 0 saturated heterocycles. The molecule has 0 aromatic carbocycles. The molecule has 0 spiro atoms. The quantitative estimate of drug-likeness (QED) is 0.747. The van der Waals surface area contributed by atoms with E-state index in [0.29, 0.717) is 0 Å². The number of aromatic nitrogens is 3. The molecule has 1 rings (SSSR count). The highest BCUT2D eigenvalue weighted by atomic mass is 32.2. The second-order valence-electron chi connectivity index (χ2n) is 2.67. The predicted molar refractivity (Wildman–Crippen MR) is 50.9 cm³/mol. The fourth-order valence-corrected chi connectivity index (χ4v) is 1.52. The summed E-state index contributed by atoms with van der Waals surface area (Å²) in [5.41, 5.74) is 6.92. The molecule has 4 nitrogen and oxygen atoms in total. The highest BCUT2D eigenvalue weighted by molar-refractivity contribution is 7.98. The van der Waals surface area contributed by atoms with Crippen LogP contribution in [0.3, 0.4) is 0 Å². The van der Waals surface area contributed by atoms with E-state index >= 15 is 0 Å². The van der Waals surface area contributed by atoms with Gasteiger partial charge in [0.15, 0.2) is 0 Å². The molecule has 0 bridgehead atoms. The molecule has 5 heteroatoms. The maximum atomic E-state index is 5.91. The van der Waals surface area contributed by atoms with E-state index in [9.17, 15) is 0 Å². The average molecular weight is 186 g/mol. The van der Waals surface area contributed by atoms with Crippen molar-refractivity contribution >= 4 is 11.8 Å². The molecular formula is C7H14N4S. The van der Waals surface area contributed by atoms with Crippen molar-refractivity contribution in [3.63, 3.8) is 0 Å². The van der Waals surface area contributed by atoms with Crippen LogP contribution < -0.4 is 5.73 Å². The molecule has 0 saturated carbocycles. The lowest BCUT2D eigenvalue weighted by Gasteiger charge is -2.09. The van der Waals surface area contributed by atoms with Gasteiger partial charge < -0.3 is 5.73 Å². The third-order valence-corrected chi connectivity index (χ3v) is 2.41. The van der Waals surface area contributed by atoms with Gasteiger partial charge in [0, 0.05) is 13.1 Å². The van der Waals surface area contributed by atoms with Gasteiger partial charge in [-0.15, -0.1) is 5.10 Å². The Morgan fingerprint density at radius 3 is 3.00 bits per heavy atom. The minimum Gasteiger partial charge on any atom is -0.323 e. The summed E-state index contributed by atoms with van der Waals surface area (Å²) >= 11 is 1.80. The highest BCUT2D eigenvalue weighted by Crippen LogP contribution is 2.13. The second-order valence-corrected chi connectivity index (χ2v) is 3.66. The number of rotatable bonds is 4. The maximum absolute atomic E-state index is 5.91. The molecule has 0 fully saturated rings. The van der Waals surface area contributed by atoms with Crippen LogP contribution in [-0.4, -0.2) is 27.0 Å². The van der Waals surface area contributed by atoms with Crippen molar-refractivity contribution in [2.75, 3.05) is 12.0 Å². The first-order valence-corrected chi connectivity index (χ1v) is 5.24. The van der Waals surface area contributed by atoms with Crippen molar-refractivity contribution in [2.24, 2.45) is 12.8 Å². The summed E-state index contributed by atoms with van der Waals surface area (Å²) in [6, 6.07) is 0.0671. The zero-order valence-corrected chi connectivity index (χ0v) is 8.21. The SMILES string of the molecule is CSCCC(N)c1cnnn1C. The van der Waals surface area contributed by atoms with Gasteiger partial charge in [-0.2, -0.15) is 11.8 Å². The minimum atomic E-state index is 0.0671. The summed E-state index contributed by atoms with van der Waals surface area (Å²) in [7, 11) is 1.86. The lowest BCUT2D eigenvalue weighted by molar-refractivity contribution is 0.600. The second kappa shape index (κ2) is 4.47. The predicted octanol–water partition coefficient (Wildman–Crippen LogP) is 0.568. The summed E-state index contributed by atoms with van der Waals surface area (Å²) in [6.45, 7) is 0. The number of hydrogen-bond donors (Lipinski definition) is 1.